The van der Waals surface area contributed by atoms with Crippen molar-refractivity contribution in [3.63, 3.8) is 0 Å². The quantitative estimate of drug-likeness (QED) is 0.369. The number of fused-ring (bicyclic) bond motifs is 1. The Labute approximate surface area is 240 Å². The number of carbonyl (C=O) groups excluding carboxylic acids is 1. The molecule has 0 bridgehead atoms. The van der Waals surface area contributed by atoms with E-state index in [0.717, 1.165) is 16.9 Å². The van der Waals surface area contributed by atoms with Crippen molar-refractivity contribution in [1.82, 2.24) is 24.6 Å². The molecule has 1 amide bonds. The zero-order valence-electron chi connectivity index (χ0n) is 22.7. The Morgan fingerprint density at radius 3 is 2.68 bits per heavy atom. The molecule has 0 spiro atoms. The van der Waals surface area contributed by atoms with Crippen molar-refractivity contribution in [2.24, 2.45) is 0 Å². The number of hydrogen-bond acceptors (Lipinski definition) is 10. The van der Waals surface area contributed by atoms with Crippen molar-refractivity contribution >= 4 is 44.9 Å². The third-order valence-corrected chi connectivity index (χ3v) is 8.66. The highest BCUT2D eigenvalue weighted by Gasteiger charge is 2.43. The summed E-state index contributed by atoms with van der Waals surface area (Å²) in [6, 6.07) is 10.2. The number of pyridine rings is 1. The molecule has 1 atom stereocenters. The monoisotopic (exact) mass is 576 g/mol. The van der Waals surface area contributed by atoms with Crippen LogP contribution < -0.4 is 9.80 Å². The number of carbonyl (C=O) groups is 1. The maximum Gasteiger partial charge on any atom is 0.257 e. The fraction of sp³-hybridized carbons (Fsp3) is 0.393. The number of aromatic nitrogens is 4. The molecule has 41 heavy (non-hydrogen) atoms. The molecule has 4 aromatic rings. The van der Waals surface area contributed by atoms with E-state index < -0.39 is 5.60 Å². The number of amides is 1. The number of aliphatic hydroxyl groups is 1. The lowest BCUT2D eigenvalue weighted by molar-refractivity contribution is -0.151. The molecule has 5 heterocycles. The summed E-state index contributed by atoms with van der Waals surface area (Å²) < 4.78 is 20.6. The van der Waals surface area contributed by atoms with Crippen LogP contribution in [0.1, 0.15) is 18.2 Å². The highest BCUT2D eigenvalue weighted by Crippen LogP contribution is 2.38. The third kappa shape index (κ3) is 4.88. The fourth-order valence-corrected chi connectivity index (χ4v) is 6.19. The van der Waals surface area contributed by atoms with Crippen LogP contribution in [-0.4, -0.2) is 87.7 Å². The standard InChI is InChI=1S/C28H29FN8O3S/c1-3-37-25(34(2)27-32-23(22(15-30)41-27)18-4-6-19(29)7-5-18)21-14-20(16-31-24(21)33-37)35-9-11-36(12-10-35)26(38)28(39)8-13-40-17-28/h4-7,14,16,39H,3,8-13,17H2,1-2H3/t28-/m1/s1. The van der Waals surface area contributed by atoms with Gasteiger partial charge in [-0.05, 0) is 37.3 Å². The van der Waals surface area contributed by atoms with Crippen molar-refractivity contribution in [2.45, 2.75) is 25.5 Å². The Bertz CT molecular complexity index is 1630. The van der Waals surface area contributed by atoms with Crippen molar-refractivity contribution in [3.05, 3.63) is 47.2 Å². The molecule has 2 saturated heterocycles. The van der Waals surface area contributed by atoms with Gasteiger partial charge in [0.15, 0.2) is 16.4 Å². The minimum Gasteiger partial charge on any atom is -0.378 e. The second-order valence-corrected chi connectivity index (χ2v) is 11.1. The van der Waals surface area contributed by atoms with E-state index in [2.05, 4.69) is 16.0 Å². The lowest BCUT2D eigenvalue weighted by atomic mass is 10.0. The van der Waals surface area contributed by atoms with Gasteiger partial charge in [0, 0.05) is 51.8 Å². The predicted octanol–water partition coefficient (Wildman–Crippen LogP) is 3.15. The smallest absolute Gasteiger partial charge is 0.257 e. The maximum absolute atomic E-state index is 13.5. The van der Waals surface area contributed by atoms with E-state index in [4.69, 9.17) is 14.8 Å². The number of nitrogens with zero attached hydrogens (tertiary/aromatic N) is 8. The van der Waals surface area contributed by atoms with Crippen LogP contribution in [-0.2, 0) is 16.1 Å². The Balaban J connectivity index is 1.28. The van der Waals surface area contributed by atoms with Gasteiger partial charge in [0.2, 0.25) is 0 Å². The van der Waals surface area contributed by atoms with Crippen LogP contribution in [0.15, 0.2) is 36.5 Å². The minimum atomic E-state index is -1.42. The average Bonchev–Trinajstić information content (AvgIpc) is 3.73. The van der Waals surface area contributed by atoms with Crippen molar-refractivity contribution < 1.29 is 19.0 Å². The van der Waals surface area contributed by atoms with Crippen LogP contribution in [0.2, 0.25) is 0 Å². The first-order valence-corrected chi connectivity index (χ1v) is 14.2. The number of benzene rings is 1. The molecular weight excluding hydrogens is 547 g/mol. The van der Waals surface area contributed by atoms with E-state index >= 15 is 0 Å². The van der Waals surface area contributed by atoms with Gasteiger partial charge in [0.1, 0.15) is 28.3 Å². The normalized spacial score (nSPS) is 19.1. The van der Waals surface area contributed by atoms with E-state index in [0.29, 0.717) is 72.7 Å². The molecule has 0 aliphatic carbocycles. The molecule has 2 fully saturated rings. The number of thiazole rings is 1. The highest BCUT2D eigenvalue weighted by atomic mass is 32.1. The zero-order valence-corrected chi connectivity index (χ0v) is 23.6. The molecule has 11 nitrogen and oxygen atoms in total. The lowest BCUT2D eigenvalue weighted by Crippen LogP contribution is -2.56. The Hall–Kier alpha value is -4.12. The van der Waals surface area contributed by atoms with Crippen molar-refractivity contribution in [2.75, 3.05) is 56.2 Å². The van der Waals surface area contributed by atoms with Crippen LogP contribution >= 0.6 is 11.3 Å². The number of piperazine rings is 1. The van der Waals surface area contributed by atoms with E-state index in [-0.39, 0.29) is 18.3 Å². The van der Waals surface area contributed by atoms with Gasteiger partial charge < -0.3 is 24.5 Å². The summed E-state index contributed by atoms with van der Waals surface area (Å²) in [6.45, 7) is 5.21. The van der Waals surface area contributed by atoms with Gasteiger partial charge in [-0.3, -0.25) is 4.79 Å². The first-order chi connectivity index (χ1) is 19.8. The molecule has 212 valence electrons. The summed E-state index contributed by atoms with van der Waals surface area (Å²) >= 11 is 1.26. The zero-order chi connectivity index (χ0) is 28.7. The fourth-order valence-electron chi connectivity index (χ4n) is 5.35. The summed E-state index contributed by atoms with van der Waals surface area (Å²) in [5, 5.41) is 26.6. The summed E-state index contributed by atoms with van der Waals surface area (Å²) in [5.74, 6) is 0.171. The van der Waals surface area contributed by atoms with Crippen molar-refractivity contribution in [3.8, 4) is 17.3 Å². The number of rotatable bonds is 6. The number of ether oxygens (including phenoxy) is 1. The van der Waals surface area contributed by atoms with Crippen LogP contribution in [0, 0.1) is 17.1 Å². The van der Waals surface area contributed by atoms with E-state index in [9.17, 15) is 19.6 Å². The Morgan fingerprint density at radius 2 is 2.02 bits per heavy atom. The van der Waals surface area contributed by atoms with Crippen LogP contribution in [0.3, 0.4) is 0 Å². The van der Waals surface area contributed by atoms with Gasteiger partial charge in [0.25, 0.3) is 5.91 Å². The van der Waals surface area contributed by atoms with Gasteiger partial charge in [0.05, 0.1) is 30.5 Å². The van der Waals surface area contributed by atoms with E-state index in [1.165, 1.54) is 23.5 Å². The van der Waals surface area contributed by atoms with Gasteiger partial charge in [-0.2, -0.15) is 10.4 Å². The lowest BCUT2D eigenvalue weighted by Gasteiger charge is -2.38. The number of aryl methyl sites for hydroxylation is 1. The highest BCUT2D eigenvalue weighted by molar-refractivity contribution is 7.16. The summed E-state index contributed by atoms with van der Waals surface area (Å²) in [4.78, 5) is 28.5. The Morgan fingerprint density at radius 1 is 1.27 bits per heavy atom. The molecule has 6 rings (SSSR count). The second-order valence-electron chi connectivity index (χ2n) is 10.2. The molecule has 0 radical (unpaired) electrons. The topological polar surface area (TPSA) is 124 Å². The molecule has 3 aromatic heterocycles. The third-order valence-electron chi connectivity index (χ3n) is 7.62. The Kier molecular flexibility index (Phi) is 7.06. The first-order valence-electron chi connectivity index (χ1n) is 13.4. The molecule has 2 aliphatic rings. The maximum atomic E-state index is 13.5. The SMILES string of the molecule is CCn1nc2ncc(N3CCN(C(=O)[C@@]4(O)CCOC4)CC3)cc2c1N(C)c1nc(-c2ccc(F)cc2)c(C#N)s1. The molecule has 13 heteroatoms. The van der Waals surface area contributed by atoms with Crippen LogP contribution in [0.5, 0.6) is 0 Å². The molecule has 0 unspecified atom stereocenters. The van der Waals surface area contributed by atoms with Crippen LogP contribution in [0.4, 0.5) is 21.0 Å². The minimum absolute atomic E-state index is 0.0463. The summed E-state index contributed by atoms with van der Waals surface area (Å²) in [6.07, 6.45) is 2.11. The second kappa shape index (κ2) is 10.7. The van der Waals surface area contributed by atoms with Gasteiger partial charge >= 0.3 is 0 Å². The predicted molar refractivity (Wildman–Crippen MR) is 153 cm³/mol. The molecule has 0 saturated carbocycles. The van der Waals surface area contributed by atoms with E-state index in [1.807, 2.05) is 29.6 Å². The average molecular weight is 577 g/mol. The number of halogens is 1. The summed E-state index contributed by atoms with van der Waals surface area (Å²) in [7, 11) is 1.88. The largest absolute Gasteiger partial charge is 0.378 e. The first kappa shape index (κ1) is 27.1. The molecule has 1 aromatic carbocycles. The van der Waals surface area contributed by atoms with Crippen molar-refractivity contribution in [1.29, 1.82) is 5.26 Å². The molecule has 2 aliphatic heterocycles. The molecular formula is C28H29FN8O3S. The van der Waals surface area contributed by atoms with Gasteiger partial charge in [-0.15, -0.1) is 0 Å². The number of nitriles is 1. The van der Waals surface area contributed by atoms with Gasteiger partial charge in [-0.1, -0.05) is 11.3 Å². The molecule has 1 N–H and O–H groups in total. The summed E-state index contributed by atoms with van der Waals surface area (Å²) in [5.41, 5.74) is 1.25. The van der Waals surface area contributed by atoms with Gasteiger partial charge in [-0.25, -0.2) is 19.0 Å². The van der Waals surface area contributed by atoms with E-state index in [1.54, 1.807) is 23.2 Å². The number of anilines is 3. The van der Waals surface area contributed by atoms with Crippen LogP contribution in [0.25, 0.3) is 22.3 Å². The number of hydrogen-bond donors (Lipinski definition) is 1.